The summed E-state index contributed by atoms with van der Waals surface area (Å²) in [5.41, 5.74) is 5.13. The van der Waals surface area contributed by atoms with Crippen molar-refractivity contribution in [1.29, 1.82) is 0 Å². The SMILES string of the molecule is CC(NC(=O)C(CS)NC(=O)CN)C(=O)NC(CS)C(=O)O. The number of rotatable bonds is 9. The number of nitrogens with two attached hydrogens (primary N) is 1. The molecule has 0 saturated heterocycles. The van der Waals surface area contributed by atoms with E-state index in [1.54, 1.807) is 0 Å². The Morgan fingerprint density at radius 2 is 1.55 bits per heavy atom. The Hall–Kier alpha value is -1.46. The Bertz CT molecular complexity index is 435. The van der Waals surface area contributed by atoms with Crippen molar-refractivity contribution in [3.8, 4) is 0 Å². The van der Waals surface area contributed by atoms with Crippen molar-refractivity contribution in [3.05, 3.63) is 0 Å². The summed E-state index contributed by atoms with van der Waals surface area (Å²) >= 11 is 7.75. The molecule has 0 rings (SSSR count). The number of thiol groups is 2. The van der Waals surface area contributed by atoms with E-state index in [-0.39, 0.29) is 18.1 Å². The number of amides is 3. The van der Waals surface area contributed by atoms with E-state index in [9.17, 15) is 19.2 Å². The Morgan fingerprint density at radius 1 is 1.00 bits per heavy atom. The van der Waals surface area contributed by atoms with E-state index in [2.05, 4.69) is 41.2 Å². The van der Waals surface area contributed by atoms with Crippen LogP contribution < -0.4 is 21.7 Å². The normalized spacial score (nSPS) is 14.4. The fourth-order valence-corrected chi connectivity index (χ4v) is 1.81. The summed E-state index contributed by atoms with van der Waals surface area (Å²) in [6.45, 7) is 1.10. The summed E-state index contributed by atoms with van der Waals surface area (Å²) in [7, 11) is 0. The average Bonchev–Trinajstić information content (AvgIpc) is 2.48. The molecule has 0 aromatic heterocycles. The van der Waals surface area contributed by atoms with E-state index in [0.717, 1.165) is 0 Å². The monoisotopic (exact) mass is 352 g/mol. The molecule has 3 amide bonds. The maximum Gasteiger partial charge on any atom is 0.327 e. The van der Waals surface area contributed by atoms with Crippen molar-refractivity contribution >= 4 is 48.9 Å². The fourth-order valence-electron chi connectivity index (χ4n) is 1.31. The highest BCUT2D eigenvalue weighted by atomic mass is 32.1. The zero-order valence-corrected chi connectivity index (χ0v) is 13.7. The molecule has 0 heterocycles. The van der Waals surface area contributed by atoms with Crippen molar-refractivity contribution in [1.82, 2.24) is 16.0 Å². The van der Waals surface area contributed by atoms with Crippen LogP contribution >= 0.6 is 25.3 Å². The van der Waals surface area contributed by atoms with Crippen molar-refractivity contribution in [2.45, 2.75) is 25.0 Å². The van der Waals surface area contributed by atoms with E-state index < -0.39 is 41.8 Å². The molecule has 11 heteroatoms. The number of carboxylic acids is 1. The third kappa shape index (κ3) is 7.00. The molecule has 0 aliphatic heterocycles. The lowest BCUT2D eigenvalue weighted by Crippen LogP contribution is -2.56. The maximum atomic E-state index is 11.9. The predicted octanol–water partition coefficient (Wildman–Crippen LogP) is -2.64. The third-order valence-electron chi connectivity index (χ3n) is 2.57. The Kier molecular flexibility index (Phi) is 9.61. The minimum absolute atomic E-state index is 0.0142. The molecule has 9 nitrogen and oxygen atoms in total. The van der Waals surface area contributed by atoms with Crippen molar-refractivity contribution in [3.63, 3.8) is 0 Å². The van der Waals surface area contributed by atoms with Gasteiger partial charge in [0.25, 0.3) is 0 Å². The van der Waals surface area contributed by atoms with Gasteiger partial charge in [-0.1, -0.05) is 0 Å². The van der Waals surface area contributed by atoms with Crippen molar-refractivity contribution in [2.75, 3.05) is 18.1 Å². The van der Waals surface area contributed by atoms with Crippen LogP contribution in [0.15, 0.2) is 0 Å². The Labute approximate surface area is 138 Å². The zero-order chi connectivity index (χ0) is 17.3. The van der Waals surface area contributed by atoms with Gasteiger partial charge in [0, 0.05) is 11.5 Å². The molecule has 0 aliphatic rings. The highest BCUT2D eigenvalue weighted by Gasteiger charge is 2.25. The van der Waals surface area contributed by atoms with Crippen LogP contribution in [0.25, 0.3) is 0 Å². The summed E-state index contributed by atoms with van der Waals surface area (Å²) in [6, 6.07) is -3.10. The molecule has 0 spiro atoms. The summed E-state index contributed by atoms with van der Waals surface area (Å²) in [5.74, 6) is -3.15. The maximum absolute atomic E-state index is 11.9. The number of carboxylic acid groups (broad SMARTS) is 1. The highest BCUT2D eigenvalue weighted by molar-refractivity contribution is 7.80. The van der Waals surface area contributed by atoms with Gasteiger partial charge in [-0.2, -0.15) is 25.3 Å². The number of nitrogens with one attached hydrogen (secondary N) is 3. The highest BCUT2D eigenvalue weighted by Crippen LogP contribution is 1.94. The molecular weight excluding hydrogens is 332 g/mol. The van der Waals surface area contributed by atoms with Crippen LogP contribution in [0.4, 0.5) is 0 Å². The number of carbonyl (C=O) groups excluding carboxylic acids is 3. The summed E-state index contributed by atoms with van der Waals surface area (Å²) < 4.78 is 0. The smallest absolute Gasteiger partial charge is 0.327 e. The number of hydrogen-bond acceptors (Lipinski definition) is 7. The van der Waals surface area contributed by atoms with Gasteiger partial charge in [0.15, 0.2) is 0 Å². The van der Waals surface area contributed by atoms with E-state index in [4.69, 9.17) is 10.8 Å². The van der Waals surface area contributed by atoms with Crippen LogP contribution in [0.1, 0.15) is 6.92 Å². The second-order valence-electron chi connectivity index (χ2n) is 4.32. The first-order valence-corrected chi connectivity index (χ1v) is 7.58. The van der Waals surface area contributed by atoms with Gasteiger partial charge >= 0.3 is 5.97 Å². The van der Waals surface area contributed by atoms with E-state index in [1.807, 2.05) is 0 Å². The van der Waals surface area contributed by atoms with Crippen LogP contribution in [0, 0.1) is 0 Å². The molecule has 0 fully saturated rings. The van der Waals surface area contributed by atoms with Crippen LogP contribution in [-0.4, -0.2) is 65.0 Å². The summed E-state index contributed by atoms with van der Waals surface area (Å²) in [6.07, 6.45) is 0. The topological polar surface area (TPSA) is 151 Å². The molecular formula is C11H20N4O5S2. The van der Waals surface area contributed by atoms with Crippen LogP contribution in [-0.2, 0) is 19.2 Å². The van der Waals surface area contributed by atoms with E-state index in [1.165, 1.54) is 6.92 Å². The Morgan fingerprint density at radius 3 is 1.95 bits per heavy atom. The largest absolute Gasteiger partial charge is 0.480 e. The number of aliphatic carboxylic acids is 1. The van der Waals surface area contributed by atoms with Gasteiger partial charge in [-0.25, -0.2) is 4.79 Å². The first-order chi connectivity index (χ1) is 10.3. The van der Waals surface area contributed by atoms with Gasteiger partial charge in [-0.15, -0.1) is 0 Å². The molecule has 0 aromatic rings. The molecule has 0 radical (unpaired) electrons. The second-order valence-corrected chi connectivity index (χ2v) is 5.05. The molecule has 22 heavy (non-hydrogen) atoms. The van der Waals surface area contributed by atoms with Gasteiger partial charge in [0.05, 0.1) is 6.54 Å². The van der Waals surface area contributed by atoms with Crippen LogP contribution in [0.5, 0.6) is 0 Å². The Balaban J connectivity index is 4.58. The van der Waals surface area contributed by atoms with Crippen LogP contribution in [0.3, 0.4) is 0 Å². The molecule has 3 atom stereocenters. The number of hydrogen-bond donors (Lipinski definition) is 7. The minimum atomic E-state index is -1.23. The molecule has 0 saturated carbocycles. The van der Waals surface area contributed by atoms with Gasteiger partial charge in [0.2, 0.25) is 17.7 Å². The lowest BCUT2D eigenvalue weighted by molar-refractivity contribution is -0.141. The van der Waals surface area contributed by atoms with Gasteiger partial charge in [0.1, 0.15) is 18.1 Å². The summed E-state index contributed by atoms with van der Waals surface area (Å²) in [4.78, 5) is 45.7. The standard InChI is InChI=1S/C11H20N4O5S2/c1-5(9(17)15-7(4-22)11(19)20)13-10(18)6(3-21)14-8(16)2-12/h5-7,21-22H,2-4,12H2,1H3,(H,13,18)(H,14,16)(H,15,17)(H,19,20). The fraction of sp³-hybridized carbons (Fsp3) is 0.636. The zero-order valence-electron chi connectivity index (χ0n) is 11.9. The quantitative estimate of drug-likeness (QED) is 0.225. The number of carbonyl (C=O) groups is 4. The molecule has 126 valence electrons. The van der Waals surface area contributed by atoms with Gasteiger partial charge in [-0.3, -0.25) is 14.4 Å². The molecule has 0 aliphatic carbocycles. The minimum Gasteiger partial charge on any atom is -0.480 e. The first kappa shape index (κ1) is 20.5. The molecule has 0 bridgehead atoms. The molecule has 3 unspecified atom stereocenters. The van der Waals surface area contributed by atoms with E-state index >= 15 is 0 Å². The lowest BCUT2D eigenvalue weighted by atomic mass is 10.2. The van der Waals surface area contributed by atoms with Crippen molar-refractivity contribution in [2.24, 2.45) is 5.73 Å². The van der Waals surface area contributed by atoms with Crippen LogP contribution in [0.2, 0.25) is 0 Å². The van der Waals surface area contributed by atoms with E-state index in [0.29, 0.717) is 0 Å². The third-order valence-corrected chi connectivity index (χ3v) is 3.30. The average molecular weight is 352 g/mol. The lowest BCUT2D eigenvalue weighted by Gasteiger charge is -2.21. The predicted molar refractivity (Wildman–Crippen MR) is 85.9 cm³/mol. The summed E-state index contributed by atoms with van der Waals surface area (Å²) in [5, 5.41) is 15.7. The molecule has 0 aromatic carbocycles. The van der Waals surface area contributed by atoms with Gasteiger partial charge < -0.3 is 26.8 Å². The van der Waals surface area contributed by atoms with Crippen molar-refractivity contribution < 1.29 is 24.3 Å². The molecule has 6 N–H and O–H groups in total. The van der Waals surface area contributed by atoms with Gasteiger partial charge in [-0.05, 0) is 6.92 Å². The second kappa shape index (κ2) is 10.3. The first-order valence-electron chi connectivity index (χ1n) is 6.31.